The fourth-order valence-electron chi connectivity index (χ4n) is 2.98. The molecular formula is C20H21NO2S. The molecule has 0 spiro atoms. The van der Waals surface area contributed by atoms with Crippen LogP contribution in [0.1, 0.15) is 23.2 Å². The zero-order valence-corrected chi connectivity index (χ0v) is 14.4. The number of thioether (sulfide) groups is 1. The number of benzene rings is 2. The van der Waals surface area contributed by atoms with Crippen molar-refractivity contribution in [1.29, 1.82) is 0 Å². The van der Waals surface area contributed by atoms with E-state index in [1.165, 1.54) is 0 Å². The summed E-state index contributed by atoms with van der Waals surface area (Å²) >= 11 is 1.57. The van der Waals surface area contributed by atoms with Crippen LogP contribution in [0, 0.1) is 5.92 Å². The van der Waals surface area contributed by atoms with Crippen LogP contribution in [0.2, 0.25) is 0 Å². The van der Waals surface area contributed by atoms with Crippen molar-refractivity contribution < 1.29 is 9.59 Å². The van der Waals surface area contributed by atoms with Gasteiger partial charge in [0, 0.05) is 29.5 Å². The lowest BCUT2D eigenvalue weighted by atomic mass is 9.89. The molecule has 3 rings (SSSR count). The molecule has 3 nitrogen and oxygen atoms in total. The Bertz CT molecular complexity index is 679. The van der Waals surface area contributed by atoms with Crippen LogP contribution in [0.25, 0.3) is 0 Å². The van der Waals surface area contributed by atoms with Gasteiger partial charge in [-0.15, -0.1) is 11.8 Å². The minimum Gasteiger partial charge on any atom is -0.342 e. The van der Waals surface area contributed by atoms with Crippen molar-refractivity contribution in [1.82, 2.24) is 4.90 Å². The maximum atomic E-state index is 12.5. The number of piperidine rings is 1. The largest absolute Gasteiger partial charge is 0.342 e. The molecule has 1 amide bonds. The lowest BCUT2D eigenvalue weighted by Gasteiger charge is -2.31. The standard InChI is InChI=1S/C20H21NO2S/c22-19(15-24-18-9-5-2-6-10-18)21-13-11-17(12-14-21)20(23)16-7-3-1-4-8-16/h1-10,17H,11-15H2. The number of rotatable bonds is 5. The van der Waals surface area contributed by atoms with E-state index in [1.807, 2.05) is 65.6 Å². The number of amides is 1. The smallest absolute Gasteiger partial charge is 0.232 e. The van der Waals surface area contributed by atoms with Crippen molar-refractivity contribution >= 4 is 23.5 Å². The van der Waals surface area contributed by atoms with E-state index < -0.39 is 0 Å². The van der Waals surface area contributed by atoms with Crippen LogP contribution in [0.5, 0.6) is 0 Å². The molecule has 1 saturated heterocycles. The zero-order chi connectivity index (χ0) is 16.8. The third-order valence-electron chi connectivity index (χ3n) is 4.38. The summed E-state index contributed by atoms with van der Waals surface area (Å²) in [5.74, 6) is 0.871. The second-order valence-electron chi connectivity index (χ2n) is 5.99. The molecule has 0 bridgehead atoms. The first-order valence-corrected chi connectivity index (χ1v) is 9.27. The van der Waals surface area contributed by atoms with Gasteiger partial charge in [0.15, 0.2) is 5.78 Å². The molecule has 4 heteroatoms. The molecule has 124 valence electrons. The van der Waals surface area contributed by atoms with Crippen LogP contribution in [-0.2, 0) is 4.79 Å². The van der Waals surface area contributed by atoms with E-state index in [-0.39, 0.29) is 17.6 Å². The highest BCUT2D eigenvalue weighted by Crippen LogP contribution is 2.23. The first kappa shape index (κ1) is 16.8. The third kappa shape index (κ3) is 4.26. The number of likely N-dealkylation sites (tertiary alicyclic amines) is 1. The summed E-state index contributed by atoms with van der Waals surface area (Å²) in [4.78, 5) is 27.8. The van der Waals surface area contributed by atoms with Crippen LogP contribution >= 0.6 is 11.8 Å². The van der Waals surface area contributed by atoms with Gasteiger partial charge in [-0.1, -0.05) is 48.5 Å². The van der Waals surface area contributed by atoms with E-state index in [4.69, 9.17) is 0 Å². The fourth-order valence-corrected chi connectivity index (χ4v) is 3.80. The van der Waals surface area contributed by atoms with Gasteiger partial charge in [0.25, 0.3) is 0 Å². The minimum atomic E-state index is 0.0400. The average molecular weight is 339 g/mol. The number of carbonyl (C=O) groups is 2. The van der Waals surface area contributed by atoms with Crippen molar-refractivity contribution in [3.05, 3.63) is 66.2 Å². The maximum absolute atomic E-state index is 12.5. The molecule has 1 heterocycles. The predicted octanol–water partition coefficient (Wildman–Crippen LogP) is 3.90. The second kappa shape index (κ2) is 8.15. The van der Waals surface area contributed by atoms with Gasteiger partial charge in [0.05, 0.1) is 5.75 Å². The number of ketones is 1. The Labute approximate surface area is 147 Å². The normalized spacial score (nSPS) is 15.2. The van der Waals surface area contributed by atoms with E-state index in [0.717, 1.165) is 23.3 Å². The number of nitrogens with zero attached hydrogens (tertiary/aromatic N) is 1. The topological polar surface area (TPSA) is 37.4 Å². The van der Waals surface area contributed by atoms with Crippen molar-refractivity contribution in [3.63, 3.8) is 0 Å². The lowest BCUT2D eigenvalue weighted by molar-refractivity contribution is -0.129. The Kier molecular flexibility index (Phi) is 5.70. The lowest BCUT2D eigenvalue weighted by Crippen LogP contribution is -2.41. The van der Waals surface area contributed by atoms with E-state index in [1.54, 1.807) is 11.8 Å². The quantitative estimate of drug-likeness (QED) is 0.612. The van der Waals surface area contributed by atoms with Crippen LogP contribution in [0.4, 0.5) is 0 Å². The van der Waals surface area contributed by atoms with Crippen molar-refractivity contribution in [2.45, 2.75) is 17.7 Å². The monoisotopic (exact) mass is 339 g/mol. The van der Waals surface area contributed by atoms with Crippen molar-refractivity contribution in [2.75, 3.05) is 18.8 Å². The highest BCUT2D eigenvalue weighted by molar-refractivity contribution is 8.00. The Balaban J connectivity index is 1.48. The predicted molar refractivity (Wildman–Crippen MR) is 97.2 cm³/mol. The zero-order valence-electron chi connectivity index (χ0n) is 13.6. The molecule has 1 fully saturated rings. The highest BCUT2D eigenvalue weighted by atomic mass is 32.2. The summed E-state index contributed by atoms with van der Waals surface area (Å²) in [5, 5.41) is 0. The summed E-state index contributed by atoms with van der Waals surface area (Å²) in [6.07, 6.45) is 1.52. The Hall–Kier alpha value is -2.07. The van der Waals surface area contributed by atoms with Gasteiger partial charge in [0.1, 0.15) is 0 Å². The van der Waals surface area contributed by atoms with Crippen molar-refractivity contribution in [2.24, 2.45) is 5.92 Å². The minimum absolute atomic E-state index is 0.0400. The van der Waals surface area contributed by atoms with Crippen LogP contribution in [-0.4, -0.2) is 35.4 Å². The molecule has 0 atom stereocenters. The highest BCUT2D eigenvalue weighted by Gasteiger charge is 2.27. The summed E-state index contributed by atoms with van der Waals surface area (Å²) in [7, 11) is 0. The molecule has 0 aromatic heterocycles. The van der Waals surface area contributed by atoms with Gasteiger partial charge < -0.3 is 4.90 Å². The summed E-state index contributed by atoms with van der Waals surface area (Å²) in [6.45, 7) is 1.36. The van der Waals surface area contributed by atoms with Gasteiger partial charge in [0.2, 0.25) is 5.91 Å². The first-order valence-electron chi connectivity index (χ1n) is 8.29. The van der Waals surface area contributed by atoms with Crippen LogP contribution < -0.4 is 0 Å². The molecule has 0 N–H and O–H groups in total. The van der Waals surface area contributed by atoms with Gasteiger partial charge >= 0.3 is 0 Å². The molecule has 0 unspecified atom stereocenters. The van der Waals surface area contributed by atoms with Crippen LogP contribution in [0.15, 0.2) is 65.6 Å². The Morgan fingerprint density at radius 3 is 2.12 bits per heavy atom. The van der Waals surface area contributed by atoms with E-state index >= 15 is 0 Å². The molecular weight excluding hydrogens is 318 g/mol. The summed E-state index contributed by atoms with van der Waals surface area (Å²) in [5.41, 5.74) is 0.780. The SMILES string of the molecule is O=C(c1ccccc1)C1CCN(C(=O)CSc2ccccc2)CC1. The van der Waals surface area contributed by atoms with Gasteiger partial charge in [-0.2, -0.15) is 0 Å². The summed E-state index contributed by atoms with van der Waals surface area (Å²) in [6, 6.07) is 19.4. The van der Waals surface area contributed by atoms with Gasteiger partial charge in [-0.3, -0.25) is 9.59 Å². The molecule has 0 radical (unpaired) electrons. The van der Waals surface area contributed by atoms with E-state index in [2.05, 4.69) is 0 Å². The molecule has 0 saturated carbocycles. The van der Waals surface area contributed by atoms with E-state index in [0.29, 0.717) is 18.8 Å². The average Bonchev–Trinajstić information content (AvgIpc) is 2.67. The fraction of sp³-hybridized carbons (Fsp3) is 0.300. The molecule has 2 aromatic carbocycles. The number of hydrogen-bond donors (Lipinski definition) is 0. The number of Topliss-reactive ketones (excluding diaryl/α,β-unsaturated/α-hetero) is 1. The Morgan fingerprint density at radius 2 is 1.50 bits per heavy atom. The first-order chi connectivity index (χ1) is 11.7. The molecule has 2 aromatic rings. The molecule has 24 heavy (non-hydrogen) atoms. The third-order valence-corrected chi connectivity index (χ3v) is 5.38. The molecule has 1 aliphatic heterocycles. The van der Waals surface area contributed by atoms with Gasteiger partial charge in [-0.05, 0) is 25.0 Å². The van der Waals surface area contributed by atoms with Crippen molar-refractivity contribution in [3.8, 4) is 0 Å². The molecule has 1 aliphatic rings. The van der Waals surface area contributed by atoms with E-state index in [9.17, 15) is 9.59 Å². The summed E-state index contributed by atoms with van der Waals surface area (Å²) < 4.78 is 0. The maximum Gasteiger partial charge on any atom is 0.232 e. The molecule has 0 aliphatic carbocycles. The van der Waals surface area contributed by atoms with Gasteiger partial charge in [-0.25, -0.2) is 0 Å². The second-order valence-corrected chi connectivity index (χ2v) is 7.04. The van der Waals surface area contributed by atoms with Crippen LogP contribution in [0.3, 0.4) is 0 Å². The Morgan fingerprint density at radius 1 is 0.917 bits per heavy atom. The number of carbonyl (C=O) groups excluding carboxylic acids is 2. The number of hydrogen-bond acceptors (Lipinski definition) is 3.